The van der Waals surface area contributed by atoms with Crippen LogP contribution in [0, 0.1) is 0 Å². The summed E-state index contributed by atoms with van der Waals surface area (Å²) in [6.07, 6.45) is 8.66. The van der Waals surface area contributed by atoms with Gasteiger partial charge in [0.1, 0.15) is 5.82 Å². The first kappa shape index (κ1) is 10.7. The SMILES string of the molecule is CC(C)(N)c1ncc(C2CCCCC2)[nH]1. The Hall–Kier alpha value is -0.830. The zero-order valence-electron chi connectivity index (χ0n) is 9.71. The number of imidazole rings is 1. The lowest BCUT2D eigenvalue weighted by atomic mass is 9.87. The van der Waals surface area contributed by atoms with E-state index in [0.717, 1.165) is 5.82 Å². The molecule has 1 saturated carbocycles. The van der Waals surface area contributed by atoms with Crippen LogP contribution in [0.4, 0.5) is 0 Å². The van der Waals surface area contributed by atoms with Crippen molar-refractivity contribution in [1.29, 1.82) is 0 Å². The van der Waals surface area contributed by atoms with Gasteiger partial charge in [0.15, 0.2) is 0 Å². The summed E-state index contributed by atoms with van der Waals surface area (Å²) in [5, 5.41) is 0. The summed E-state index contributed by atoms with van der Waals surface area (Å²) < 4.78 is 0. The van der Waals surface area contributed by atoms with E-state index < -0.39 is 0 Å². The molecule has 2 rings (SSSR count). The Balaban J connectivity index is 2.12. The van der Waals surface area contributed by atoms with Gasteiger partial charge in [-0.3, -0.25) is 0 Å². The topological polar surface area (TPSA) is 54.7 Å². The smallest absolute Gasteiger partial charge is 0.125 e. The number of rotatable bonds is 2. The van der Waals surface area contributed by atoms with E-state index in [2.05, 4.69) is 9.97 Å². The van der Waals surface area contributed by atoms with Crippen LogP contribution in [0.2, 0.25) is 0 Å². The molecule has 0 atom stereocenters. The van der Waals surface area contributed by atoms with Crippen LogP contribution < -0.4 is 5.73 Å². The molecule has 15 heavy (non-hydrogen) atoms. The van der Waals surface area contributed by atoms with Gasteiger partial charge in [-0.25, -0.2) is 4.98 Å². The molecule has 1 fully saturated rings. The first-order valence-corrected chi connectivity index (χ1v) is 5.91. The first-order chi connectivity index (χ1) is 7.07. The zero-order valence-corrected chi connectivity index (χ0v) is 9.71. The number of hydrogen-bond acceptors (Lipinski definition) is 2. The molecule has 1 aromatic rings. The van der Waals surface area contributed by atoms with Crippen molar-refractivity contribution in [1.82, 2.24) is 9.97 Å². The van der Waals surface area contributed by atoms with E-state index in [1.807, 2.05) is 20.0 Å². The van der Waals surface area contributed by atoms with Gasteiger partial charge < -0.3 is 10.7 Å². The summed E-state index contributed by atoms with van der Waals surface area (Å²) in [4.78, 5) is 7.77. The third-order valence-corrected chi connectivity index (χ3v) is 3.25. The van der Waals surface area contributed by atoms with Crippen LogP contribution in [-0.4, -0.2) is 9.97 Å². The third-order valence-electron chi connectivity index (χ3n) is 3.25. The molecule has 84 valence electrons. The summed E-state index contributed by atoms with van der Waals surface area (Å²) in [7, 11) is 0. The fourth-order valence-electron chi connectivity index (χ4n) is 2.28. The van der Waals surface area contributed by atoms with E-state index in [1.54, 1.807) is 0 Å². The van der Waals surface area contributed by atoms with Gasteiger partial charge in [-0.1, -0.05) is 19.3 Å². The largest absolute Gasteiger partial charge is 0.344 e. The van der Waals surface area contributed by atoms with Gasteiger partial charge in [0, 0.05) is 17.8 Å². The highest BCUT2D eigenvalue weighted by molar-refractivity contribution is 5.12. The van der Waals surface area contributed by atoms with Gasteiger partial charge in [-0.05, 0) is 26.7 Å². The molecule has 0 unspecified atom stereocenters. The van der Waals surface area contributed by atoms with Crippen LogP contribution in [0.1, 0.15) is 63.4 Å². The minimum atomic E-state index is -0.354. The molecule has 1 heterocycles. The van der Waals surface area contributed by atoms with Crippen LogP contribution in [0.15, 0.2) is 6.20 Å². The Morgan fingerprint density at radius 3 is 2.53 bits per heavy atom. The van der Waals surface area contributed by atoms with Crippen molar-refractivity contribution in [3.63, 3.8) is 0 Å². The van der Waals surface area contributed by atoms with E-state index in [9.17, 15) is 0 Å². The minimum absolute atomic E-state index is 0.354. The second-order valence-electron chi connectivity index (χ2n) is 5.24. The van der Waals surface area contributed by atoms with Crippen molar-refractivity contribution in [2.24, 2.45) is 5.73 Å². The molecule has 0 saturated heterocycles. The highest BCUT2D eigenvalue weighted by Gasteiger charge is 2.22. The van der Waals surface area contributed by atoms with Crippen molar-refractivity contribution in [2.45, 2.75) is 57.4 Å². The van der Waals surface area contributed by atoms with Crippen LogP contribution in [0.3, 0.4) is 0 Å². The van der Waals surface area contributed by atoms with Gasteiger partial charge in [-0.15, -0.1) is 0 Å². The number of hydrogen-bond donors (Lipinski definition) is 2. The van der Waals surface area contributed by atoms with E-state index in [1.165, 1.54) is 37.8 Å². The number of nitrogens with zero attached hydrogens (tertiary/aromatic N) is 1. The number of H-pyrrole nitrogens is 1. The van der Waals surface area contributed by atoms with Crippen LogP contribution >= 0.6 is 0 Å². The standard InChI is InChI=1S/C12H21N3/c1-12(2,13)11-14-8-10(15-11)9-6-4-3-5-7-9/h8-9H,3-7,13H2,1-2H3,(H,14,15). The monoisotopic (exact) mass is 207 g/mol. The lowest BCUT2D eigenvalue weighted by Gasteiger charge is -2.20. The molecule has 1 aliphatic rings. The molecule has 0 radical (unpaired) electrons. The quantitative estimate of drug-likeness (QED) is 0.783. The number of aromatic nitrogens is 2. The van der Waals surface area contributed by atoms with E-state index in [-0.39, 0.29) is 5.54 Å². The molecule has 3 N–H and O–H groups in total. The second-order valence-corrected chi connectivity index (χ2v) is 5.24. The Bertz CT molecular complexity index is 316. The van der Waals surface area contributed by atoms with E-state index in [4.69, 9.17) is 5.73 Å². The van der Waals surface area contributed by atoms with Crippen molar-refractivity contribution in [3.8, 4) is 0 Å². The normalized spacial score (nSPS) is 19.4. The molecule has 0 aliphatic heterocycles. The summed E-state index contributed by atoms with van der Waals surface area (Å²) >= 11 is 0. The van der Waals surface area contributed by atoms with Crippen molar-refractivity contribution in [3.05, 3.63) is 17.7 Å². The highest BCUT2D eigenvalue weighted by Crippen LogP contribution is 2.32. The molecule has 3 heteroatoms. The summed E-state index contributed by atoms with van der Waals surface area (Å²) in [5.41, 5.74) is 6.93. The predicted molar refractivity (Wildman–Crippen MR) is 61.6 cm³/mol. The molecule has 0 amide bonds. The lowest BCUT2D eigenvalue weighted by molar-refractivity contribution is 0.435. The maximum atomic E-state index is 6.01. The number of nitrogens with two attached hydrogens (primary N) is 1. The van der Waals surface area contributed by atoms with E-state index in [0.29, 0.717) is 5.92 Å². The predicted octanol–water partition coefficient (Wildman–Crippen LogP) is 2.65. The summed E-state index contributed by atoms with van der Waals surface area (Å²) in [5.74, 6) is 1.59. The zero-order chi connectivity index (χ0) is 10.9. The molecule has 1 aliphatic carbocycles. The molecule has 1 aromatic heterocycles. The molecule has 0 aromatic carbocycles. The van der Waals surface area contributed by atoms with Gasteiger partial charge in [0.2, 0.25) is 0 Å². The average Bonchev–Trinajstić information content (AvgIpc) is 2.67. The molecular formula is C12H21N3. The maximum Gasteiger partial charge on any atom is 0.125 e. The summed E-state index contributed by atoms with van der Waals surface area (Å²) in [6, 6.07) is 0. The lowest BCUT2D eigenvalue weighted by Crippen LogP contribution is -2.30. The third kappa shape index (κ3) is 2.40. The van der Waals surface area contributed by atoms with Crippen LogP contribution in [-0.2, 0) is 5.54 Å². The summed E-state index contributed by atoms with van der Waals surface area (Å²) in [6.45, 7) is 3.97. The van der Waals surface area contributed by atoms with Gasteiger partial charge in [-0.2, -0.15) is 0 Å². The van der Waals surface area contributed by atoms with Crippen LogP contribution in [0.5, 0.6) is 0 Å². The fraction of sp³-hybridized carbons (Fsp3) is 0.750. The number of nitrogens with one attached hydrogen (secondary N) is 1. The Labute approximate surface area is 91.5 Å². The average molecular weight is 207 g/mol. The van der Waals surface area contributed by atoms with Gasteiger partial charge in [0.25, 0.3) is 0 Å². The van der Waals surface area contributed by atoms with Crippen molar-refractivity contribution in [2.75, 3.05) is 0 Å². The van der Waals surface area contributed by atoms with Crippen LogP contribution in [0.25, 0.3) is 0 Å². The highest BCUT2D eigenvalue weighted by atomic mass is 15.0. The Morgan fingerprint density at radius 2 is 2.00 bits per heavy atom. The van der Waals surface area contributed by atoms with E-state index >= 15 is 0 Å². The second kappa shape index (κ2) is 3.97. The van der Waals surface area contributed by atoms with Gasteiger partial charge in [0.05, 0.1) is 5.54 Å². The number of aromatic amines is 1. The molecule has 0 spiro atoms. The molecule has 0 bridgehead atoms. The van der Waals surface area contributed by atoms with Crippen molar-refractivity contribution < 1.29 is 0 Å². The van der Waals surface area contributed by atoms with Gasteiger partial charge >= 0.3 is 0 Å². The maximum absolute atomic E-state index is 6.01. The van der Waals surface area contributed by atoms with Crippen molar-refractivity contribution >= 4 is 0 Å². The Morgan fingerprint density at radius 1 is 1.33 bits per heavy atom. The molecular weight excluding hydrogens is 186 g/mol. The fourth-order valence-corrected chi connectivity index (χ4v) is 2.28. The minimum Gasteiger partial charge on any atom is -0.344 e. The first-order valence-electron chi connectivity index (χ1n) is 5.91. The Kier molecular flexibility index (Phi) is 2.83. The molecule has 3 nitrogen and oxygen atoms in total.